The number of piperidine rings is 2. The van der Waals surface area contributed by atoms with Gasteiger partial charge in [-0.15, -0.1) is 0 Å². The zero-order valence-electron chi connectivity index (χ0n) is 29.9. The summed E-state index contributed by atoms with van der Waals surface area (Å²) in [6, 6.07) is 20.9. The van der Waals surface area contributed by atoms with Crippen molar-refractivity contribution >= 4 is 29.1 Å². The Balaban J connectivity index is 0.822. The van der Waals surface area contributed by atoms with Gasteiger partial charge in [0.05, 0.1) is 0 Å². The van der Waals surface area contributed by atoms with Gasteiger partial charge in [0.25, 0.3) is 5.91 Å². The number of nitrogens with zero attached hydrogens (tertiary/aromatic N) is 4. The number of carbonyl (C=O) groups excluding carboxylic acids is 3. The molecule has 2 N–H and O–H groups in total. The molecule has 4 heterocycles. The van der Waals surface area contributed by atoms with E-state index in [0.717, 1.165) is 63.5 Å². The van der Waals surface area contributed by atoms with Gasteiger partial charge in [0.1, 0.15) is 11.8 Å². The first-order valence-electron chi connectivity index (χ1n) is 19.3. The molecule has 9 heteroatoms. The zero-order valence-corrected chi connectivity index (χ0v) is 29.9. The lowest BCUT2D eigenvalue weighted by Gasteiger charge is -2.40. The van der Waals surface area contributed by atoms with E-state index in [1.54, 1.807) is 4.90 Å². The molecule has 5 aliphatic rings. The quantitative estimate of drug-likeness (QED) is 0.294. The Labute approximate surface area is 301 Å². The van der Waals surface area contributed by atoms with Crippen LogP contribution in [0.15, 0.2) is 60.7 Å². The third-order valence-electron chi connectivity index (χ3n) is 12.4. The number of imide groups is 1. The Kier molecular flexibility index (Phi) is 9.49. The van der Waals surface area contributed by atoms with E-state index in [1.807, 2.05) is 24.3 Å². The highest BCUT2D eigenvalue weighted by atomic mass is 16.3. The monoisotopic (exact) mass is 689 g/mol. The van der Waals surface area contributed by atoms with Gasteiger partial charge >= 0.3 is 0 Å². The van der Waals surface area contributed by atoms with E-state index in [-0.39, 0.29) is 24.1 Å². The van der Waals surface area contributed by atoms with Gasteiger partial charge in [-0.05, 0) is 115 Å². The Morgan fingerprint density at radius 3 is 2.25 bits per heavy atom. The topological polar surface area (TPSA) is 96.4 Å². The first-order chi connectivity index (χ1) is 24.8. The van der Waals surface area contributed by atoms with Gasteiger partial charge in [0, 0.05) is 81.6 Å². The average molecular weight is 690 g/mol. The Hall–Kier alpha value is -4.37. The van der Waals surface area contributed by atoms with E-state index < -0.39 is 6.04 Å². The van der Waals surface area contributed by atoms with Crippen LogP contribution < -0.4 is 15.1 Å². The maximum absolute atomic E-state index is 13.1. The molecule has 0 radical (unpaired) electrons. The first-order valence-corrected chi connectivity index (χ1v) is 19.3. The molecule has 0 spiro atoms. The van der Waals surface area contributed by atoms with Gasteiger partial charge in [-0.2, -0.15) is 0 Å². The van der Waals surface area contributed by atoms with Crippen molar-refractivity contribution in [2.75, 3.05) is 55.6 Å². The van der Waals surface area contributed by atoms with Crippen molar-refractivity contribution in [3.63, 3.8) is 0 Å². The van der Waals surface area contributed by atoms with Gasteiger partial charge < -0.3 is 19.8 Å². The number of hydrogen-bond donors (Lipinski definition) is 2. The number of carbonyl (C=O) groups is 3. The number of phenolic OH excluding ortho intramolecular Hbond substituents is 1. The van der Waals surface area contributed by atoms with Crippen LogP contribution in [0.1, 0.15) is 90.4 Å². The zero-order chi connectivity index (χ0) is 35.1. The number of anilines is 2. The lowest BCUT2D eigenvalue weighted by Crippen LogP contribution is -2.52. The molecule has 1 aliphatic carbocycles. The van der Waals surface area contributed by atoms with Gasteiger partial charge in [-0.1, -0.05) is 31.5 Å². The molecule has 9 nitrogen and oxygen atoms in total. The summed E-state index contributed by atoms with van der Waals surface area (Å²) in [5.41, 5.74) is 8.21. The molecular weight excluding hydrogens is 638 g/mol. The fourth-order valence-corrected chi connectivity index (χ4v) is 9.58. The number of rotatable bonds is 8. The van der Waals surface area contributed by atoms with E-state index in [1.165, 1.54) is 54.5 Å². The smallest absolute Gasteiger partial charge is 0.255 e. The molecule has 8 rings (SSSR count). The summed E-state index contributed by atoms with van der Waals surface area (Å²) in [5, 5.41) is 12.5. The predicted molar refractivity (Wildman–Crippen MR) is 199 cm³/mol. The molecular formula is C42H51N5O4. The molecule has 0 aromatic heterocycles. The number of aromatic hydroxyl groups is 1. The van der Waals surface area contributed by atoms with Crippen molar-refractivity contribution in [1.29, 1.82) is 0 Å². The average Bonchev–Trinajstić information content (AvgIpc) is 3.47. The fraction of sp³-hybridized carbons (Fsp3) is 0.500. The lowest BCUT2D eigenvalue weighted by atomic mass is 9.70. The van der Waals surface area contributed by atoms with Crippen LogP contribution in [0.3, 0.4) is 0 Å². The summed E-state index contributed by atoms with van der Waals surface area (Å²) < 4.78 is 0. The summed E-state index contributed by atoms with van der Waals surface area (Å²) in [5.74, 6) is 1.38. The number of fused-ring (bicyclic) bond motifs is 2. The number of phenols is 1. The van der Waals surface area contributed by atoms with Crippen LogP contribution in [0.2, 0.25) is 0 Å². The van der Waals surface area contributed by atoms with Crippen LogP contribution in [0, 0.1) is 11.8 Å². The van der Waals surface area contributed by atoms with E-state index in [4.69, 9.17) is 0 Å². The van der Waals surface area contributed by atoms with Crippen molar-refractivity contribution in [3.05, 3.63) is 88.5 Å². The standard InChI is InChI=1S/C42H51N5O4/c1-2-3-29-4-5-31-25-35(48)11-13-36(31)40(29)30-6-8-33(9-7-30)45-18-16-28(17-19-45)26-44-20-22-46(23-21-44)34-10-12-37-32(24-34)27-47(42(37)51)38-14-15-39(49)43-41(38)50/h6-13,24-25,28-29,38,40,48H,2-5,14-23,26-27H2,1H3,(H,43,49,50)/t29-,38-,40+/m0/s1. The number of nitrogens with one attached hydrogen (secondary N) is 1. The summed E-state index contributed by atoms with van der Waals surface area (Å²) in [6.45, 7) is 10.0. The predicted octanol–water partition coefficient (Wildman–Crippen LogP) is 5.69. The summed E-state index contributed by atoms with van der Waals surface area (Å²) in [4.78, 5) is 46.4. The van der Waals surface area contributed by atoms with Crippen LogP contribution in [-0.4, -0.2) is 84.5 Å². The first kappa shape index (κ1) is 33.8. The Morgan fingerprint density at radius 2 is 1.51 bits per heavy atom. The van der Waals surface area contributed by atoms with Gasteiger partial charge in [-0.25, -0.2) is 0 Å². The summed E-state index contributed by atoms with van der Waals surface area (Å²) >= 11 is 0. The Morgan fingerprint density at radius 1 is 0.765 bits per heavy atom. The highest BCUT2D eigenvalue weighted by Crippen LogP contribution is 2.44. The van der Waals surface area contributed by atoms with Crippen LogP contribution in [0.5, 0.6) is 5.75 Å². The third kappa shape index (κ3) is 6.85. The molecule has 3 saturated heterocycles. The van der Waals surface area contributed by atoms with E-state index in [0.29, 0.717) is 42.0 Å². The van der Waals surface area contributed by atoms with Crippen molar-refractivity contribution < 1.29 is 19.5 Å². The van der Waals surface area contributed by atoms with Crippen LogP contribution in [-0.2, 0) is 22.6 Å². The maximum Gasteiger partial charge on any atom is 0.255 e. The minimum absolute atomic E-state index is 0.118. The van der Waals surface area contributed by atoms with Crippen molar-refractivity contribution in [1.82, 2.24) is 15.1 Å². The van der Waals surface area contributed by atoms with E-state index >= 15 is 0 Å². The van der Waals surface area contributed by atoms with E-state index in [2.05, 4.69) is 63.3 Å². The molecule has 3 atom stereocenters. The number of aryl methyl sites for hydroxylation is 1. The van der Waals surface area contributed by atoms with Crippen molar-refractivity contribution in [3.8, 4) is 5.75 Å². The Bertz CT molecular complexity index is 1780. The highest BCUT2D eigenvalue weighted by Gasteiger charge is 2.39. The molecule has 3 aromatic carbocycles. The van der Waals surface area contributed by atoms with Gasteiger partial charge in [0.2, 0.25) is 11.8 Å². The summed E-state index contributed by atoms with van der Waals surface area (Å²) in [6.07, 6.45) is 7.74. The minimum atomic E-state index is -0.581. The maximum atomic E-state index is 13.1. The number of piperazine rings is 1. The highest BCUT2D eigenvalue weighted by molar-refractivity contribution is 6.05. The summed E-state index contributed by atoms with van der Waals surface area (Å²) in [7, 11) is 0. The molecule has 0 unspecified atom stereocenters. The third-order valence-corrected chi connectivity index (χ3v) is 12.4. The van der Waals surface area contributed by atoms with Crippen LogP contribution in [0.4, 0.5) is 11.4 Å². The minimum Gasteiger partial charge on any atom is -0.508 e. The number of amides is 3. The largest absolute Gasteiger partial charge is 0.508 e. The number of benzene rings is 3. The normalized spacial score (nSPS) is 24.5. The molecule has 4 aliphatic heterocycles. The van der Waals surface area contributed by atoms with Crippen molar-refractivity contribution in [2.24, 2.45) is 11.8 Å². The SMILES string of the molecule is CCC[C@H]1CCc2cc(O)ccc2[C@H]1c1ccc(N2CCC(CN3CCN(c4ccc5c(c4)CN([C@H]4CCC(=O)NC4=O)C5=O)CC3)CC2)cc1. The molecule has 0 bridgehead atoms. The second-order valence-corrected chi connectivity index (χ2v) is 15.5. The van der Waals surface area contributed by atoms with Crippen LogP contribution in [0.25, 0.3) is 0 Å². The molecule has 3 amide bonds. The van der Waals surface area contributed by atoms with E-state index in [9.17, 15) is 19.5 Å². The second kappa shape index (κ2) is 14.3. The number of hydrogen-bond acceptors (Lipinski definition) is 7. The van der Waals surface area contributed by atoms with Crippen molar-refractivity contribution in [2.45, 2.75) is 76.8 Å². The molecule has 3 fully saturated rings. The van der Waals surface area contributed by atoms with Gasteiger partial charge in [-0.3, -0.25) is 24.6 Å². The molecule has 0 saturated carbocycles. The molecule has 3 aromatic rings. The fourth-order valence-electron chi connectivity index (χ4n) is 9.58. The molecule has 268 valence electrons. The van der Waals surface area contributed by atoms with Gasteiger partial charge in [0.15, 0.2) is 0 Å². The lowest BCUT2D eigenvalue weighted by molar-refractivity contribution is -0.136. The molecule has 51 heavy (non-hydrogen) atoms. The second-order valence-electron chi connectivity index (χ2n) is 15.5. The van der Waals surface area contributed by atoms with Crippen LogP contribution >= 0.6 is 0 Å².